The molecule has 0 aromatic carbocycles. The first-order valence-electron chi connectivity index (χ1n) is 7.13. The van der Waals surface area contributed by atoms with Crippen molar-refractivity contribution in [1.82, 2.24) is 0 Å². The summed E-state index contributed by atoms with van der Waals surface area (Å²) in [4.78, 5) is 0. The average Bonchev–Trinajstić information content (AvgIpc) is 2.06. The summed E-state index contributed by atoms with van der Waals surface area (Å²) in [7, 11) is 0. The summed E-state index contributed by atoms with van der Waals surface area (Å²) in [5.41, 5.74) is 3.76. The Morgan fingerprint density at radius 1 is 0.778 bits per heavy atom. The third kappa shape index (κ3) is 7.03. The van der Waals surface area contributed by atoms with E-state index >= 15 is 0 Å². The molecule has 0 aromatic rings. The lowest BCUT2D eigenvalue weighted by Gasteiger charge is -2.26. The second-order valence-electron chi connectivity index (χ2n) is 8.75. The van der Waals surface area contributed by atoms with E-state index in [1.54, 1.807) is 0 Å². The molecule has 0 rings (SSSR count). The fourth-order valence-corrected chi connectivity index (χ4v) is 1.45. The van der Waals surface area contributed by atoms with E-state index in [2.05, 4.69) is 81.4 Å². The molecular weight excluding hydrogens is 216 g/mol. The largest absolute Gasteiger partial charge is 0.0803 e. The molecule has 0 fully saturated rings. The van der Waals surface area contributed by atoms with Crippen LogP contribution in [0, 0.1) is 16.2 Å². The molecule has 0 aliphatic heterocycles. The van der Waals surface area contributed by atoms with Crippen LogP contribution in [0.15, 0.2) is 23.3 Å². The van der Waals surface area contributed by atoms with Crippen molar-refractivity contribution in [3.05, 3.63) is 23.3 Å². The van der Waals surface area contributed by atoms with Gasteiger partial charge >= 0.3 is 0 Å². The van der Waals surface area contributed by atoms with Crippen LogP contribution >= 0.6 is 0 Å². The zero-order chi connectivity index (χ0) is 14.8. The maximum Gasteiger partial charge on any atom is -0.0135 e. The summed E-state index contributed by atoms with van der Waals surface area (Å²) >= 11 is 0. The molecule has 0 saturated heterocycles. The predicted octanol–water partition coefficient (Wildman–Crippen LogP) is 6.39. The zero-order valence-electron chi connectivity index (χ0n) is 14.4. The van der Waals surface area contributed by atoms with Gasteiger partial charge in [-0.1, -0.05) is 80.0 Å². The Morgan fingerprint density at radius 2 is 1.22 bits per heavy atom. The molecule has 0 saturated carbocycles. The van der Waals surface area contributed by atoms with Crippen LogP contribution in [0.3, 0.4) is 0 Å². The van der Waals surface area contributed by atoms with Gasteiger partial charge in [0.25, 0.3) is 0 Å². The summed E-state index contributed by atoms with van der Waals surface area (Å²) in [6, 6.07) is 0. The maximum absolute atomic E-state index is 2.43. The molecule has 18 heavy (non-hydrogen) atoms. The van der Waals surface area contributed by atoms with E-state index in [0.717, 1.165) is 6.42 Å². The highest BCUT2D eigenvalue weighted by molar-refractivity contribution is 5.30. The summed E-state index contributed by atoms with van der Waals surface area (Å²) in [6.07, 6.45) is 5.95. The van der Waals surface area contributed by atoms with Crippen LogP contribution in [0.2, 0.25) is 0 Å². The second kappa shape index (κ2) is 5.63. The molecule has 0 aromatic heterocycles. The molecule has 0 aliphatic carbocycles. The van der Waals surface area contributed by atoms with Gasteiger partial charge in [-0.3, -0.25) is 0 Å². The van der Waals surface area contributed by atoms with Crippen molar-refractivity contribution in [3.8, 4) is 0 Å². The van der Waals surface area contributed by atoms with Gasteiger partial charge in [0.15, 0.2) is 0 Å². The summed E-state index contributed by atoms with van der Waals surface area (Å²) in [6.45, 7) is 22.9. The van der Waals surface area contributed by atoms with E-state index in [4.69, 9.17) is 0 Å². The molecule has 0 atom stereocenters. The average molecular weight is 250 g/mol. The first kappa shape index (κ1) is 17.5. The van der Waals surface area contributed by atoms with Gasteiger partial charge in [-0.25, -0.2) is 0 Å². The minimum Gasteiger partial charge on any atom is -0.0803 e. The topological polar surface area (TPSA) is 0 Å². The van der Waals surface area contributed by atoms with Crippen molar-refractivity contribution < 1.29 is 0 Å². The van der Waals surface area contributed by atoms with Gasteiger partial charge in [-0.2, -0.15) is 0 Å². The molecule has 0 aliphatic rings. The van der Waals surface area contributed by atoms with Crippen molar-refractivity contribution in [2.75, 3.05) is 0 Å². The van der Waals surface area contributed by atoms with Gasteiger partial charge in [-0.15, -0.1) is 0 Å². The molecule has 0 unspecified atom stereocenters. The van der Waals surface area contributed by atoms with Crippen molar-refractivity contribution >= 4 is 0 Å². The maximum atomic E-state index is 2.43. The lowest BCUT2D eigenvalue weighted by molar-refractivity contribution is 0.414. The highest BCUT2D eigenvalue weighted by atomic mass is 14.2. The third-order valence-corrected chi connectivity index (χ3v) is 3.36. The standard InChI is InChI=1S/C18H34/c1-14(17(5,6)7)13-15(18(8,9)10)11-12-16(2,3)4/h11,13H,12H2,1-10H3. The molecular formula is C18H34. The summed E-state index contributed by atoms with van der Waals surface area (Å²) in [5, 5.41) is 0. The van der Waals surface area contributed by atoms with E-state index in [9.17, 15) is 0 Å². The smallest absolute Gasteiger partial charge is 0.0135 e. The van der Waals surface area contributed by atoms with Gasteiger partial charge in [0.2, 0.25) is 0 Å². The van der Waals surface area contributed by atoms with Gasteiger partial charge in [0, 0.05) is 0 Å². The first-order valence-corrected chi connectivity index (χ1v) is 7.13. The van der Waals surface area contributed by atoms with Crippen molar-refractivity contribution in [1.29, 1.82) is 0 Å². The normalized spacial score (nSPS) is 16.1. The van der Waals surface area contributed by atoms with Gasteiger partial charge < -0.3 is 0 Å². The highest BCUT2D eigenvalue weighted by Crippen LogP contribution is 2.33. The Labute approximate surface area is 116 Å². The highest BCUT2D eigenvalue weighted by Gasteiger charge is 2.19. The SMILES string of the molecule is CC(=CC(=CCC(C)(C)C)C(C)(C)C)C(C)(C)C. The van der Waals surface area contributed by atoms with Crippen molar-refractivity contribution in [2.45, 2.75) is 75.7 Å². The van der Waals surface area contributed by atoms with Crippen LogP contribution in [0.5, 0.6) is 0 Å². The third-order valence-electron chi connectivity index (χ3n) is 3.36. The lowest BCUT2D eigenvalue weighted by atomic mass is 9.79. The van der Waals surface area contributed by atoms with E-state index in [1.807, 2.05) is 0 Å². The van der Waals surface area contributed by atoms with Gasteiger partial charge in [0.1, 0.15) is 0 Å². The predicted molar refractivity (Wildman–Crippen MR) is 84.8 cm³/mol. The van der Waals surface area contributed by atoms with E-state index in [-0.39, 0.29) is 10.8 Å². The molecule has 106 valence electrons. The van der Waals surface area contributed by atoms with Crippen LogP contribution < -0.4 is 0 Å². The van der Waals surface area contributed by atoms with Crippen LogP contribution in [0.25, 0.3) is 0 Å². The van der Waals surface area contributed by atoms with E-state index < -0.39 is 0 Å². The Hall–Kier alpha value is -0.520. The molecule has 0 heterocycles. The number of hydrogen-bond donors (Lipinski definition) is 0. The molecule has 0 amide bonds. The summed E-state index contributed by atoms with van der Waals surface area (Å²) < 4.78 is 0. The van der Waals surface area contributed by atoms with Crippen LogP contribution in [-0.2, 0) is 0 Å². The number of allylic oxidation sites excluding steroid dienone is 4. The molecule has 0 bridgehead atoms. The minimum atomic E-state index is 0.220. The molecule has 0 spiro atoms. The van der Waals surface area contributed by atoms with Crippen molar-refractivity contribution in [3.63, 3.8) is 0 Å². The fourth-order valence-electron chi connectivity index (χ4n) is 1.45. The molecule has 0 nitrogen and oxygen atoms in total. The molecule has 0 radical (unpaired) electrons. The van der Waals surface area contributed by atoms with E-state index in [0.29, 0.717) is 5.41 Å². The Balaban J connectivity index is 5.30. The van der Waals surface area contributed by atoms with Crippen LogP contribution in [-0.4, -0.2) is 0 Å². The lowest BCUT2D eigenvalue weighted by Crippen LogP contribution is -2.13. The molecule has 0 heteroatoms. The second-order valence-corrected chi connectivity index (χ2v) is 8.75. The Morgan fingerprint density at radius 3 is 1.50 bits per heavy atom. The van der Waals surface area contributed by atoms with Crippen LogP contribution in [0.1, 0.15) is 75.7 Å². The Kier molecular flexibility index (Phi) is 5.47. The van der Waals surface area contributed by atoms with Crippen LogP contribution in [0.4, 0.5) is 0 Å². The van der Waals surface area contributed by atoms with Gasteiger partial charge in [-0.05, 0) is 35.2 Å². The monoisotopic (exact) mass is 250 g/mol. The zero-order valence-corrected chi connectivity index (χ0v) is 14.4. The fraction of sp³-hybridized carbons (Fsp3) is 0.778. The number of rotatable bonds is 2. The van der Waals surface area contributed by atoms with Gasteiger partial charge in [0.05, 0.1) is 0 Å². The molecule has 0 N–H and O–H groups in total. The number of hydrogen-bond acceptors (Lipinski definition) is 0. The minimum absolute atomic E-state index is 0.220. The first-order chi connectivity index (χ1) is 7.73. The summed E-state index contributed by atoms with van der Waals surface area (Å²) in [5.74, 6) is 0. The van der Waals surface area contributed by atoms with E-state index in [1.165, 1.54) is 11.1 Å². The quantitative estimate of drug-likeness (QED) is 0.498. The Bertz CT molecular complexity index is 319. The van der Waals surface area contributed by atoms with Crippen molar-refractivity contribution in [2.24, 2.45) is 16.2 Å².